The van der Waals surface area contributed by atoms with Gasteiger partial charge in [0.05, 0.1) is 13.3 Å². The summed E-state index contributed by atoms with van der Waals surface area (Å²) < 4.78 is 6.11. The first-order valence-electron chi connectivity index (χ1n) is 4.27. The second-order valence-corrected chi connectivity index (χ2v) is 2.94. The van der Waals surface area contributed by atoms with Gasteiger partial charge in [0.15, 0.2) is 12.0 Å². The fourth-order valence-electron chi connectivity index (χ4n) is 1.32. The van der Waals surface area contributed by atoms with Gasteiger partial charge in [-0.15, -0.1) is 0 Å². The average molecular weight is 204 g/mol. The monoisotopic (exact) mass is 204 g/mol. The Hall–Kier alpha value is -2.17. The molecule has 0 saturated carbocycles. The van der Waals surface area contributed by atoms with Crippen LogP contribution in [0.4, 0.5) is 0 Å². The maximum Gasteiger partial charge on any atom is 0.356 e. The first-order valence-corrected chi connectivity index (χ1v) is 4.27. The summed E-state index contributed by atoms with van der Waals surface area (Å²) in [4.78, 5) is 25.9. The van der Waals surface area contributed by atoms with Crippen LogP contribution in [0.1, 0.15) is 20.8 Å². The lowest BCUT2D eigenvalue weighted by Crippen LogP contribution is -2.05. The molecule has 2 aromatic heterocycles. The van der Waals surface area contributed by atoms with Crippen molar-refractivity contribution < 1.29 is 14.3 Å². The molecular weight excluding hydrogens is 196 g/mol. The van der Waals surface area contributed by atoms with Crippen LogP contribution in [-0.4, -0.2) is 28.7 Å². The molecule has 0 fully saturated rings. The zero-order valence-electron chi connectivity index (χ0n) is 8.01. The largest absolute Gasteiger partial charge is 0.464 e. The van der Waals surface area contributed by atoms with Crippen LogP contribution < -0.4 is 0 Å². The summed E-state index contributed by atoms with van der Waals surface area (Å²) in [7, 11) is 1.30. The highest BCUT2D eigenvalue weighted by Crippen LogP contribution is 2.09. The van der Waals surface area contributed by atoms with Crippen molar-refractivity contribution in [3.8, 4) is 0 Å². The second kappa shape index (κ2) is 3.53. The Kier molecular flexibility index (Phi) is 2.21. The predicted octanol–water partition coefficient (Wildman–Crippen LogP) is 0.933. The van der Waals surface area contributed by atoms with E-state index in [1.54, 1.807) is 18.3 Å². The van der Waals surface area contributed by atoms with Gasteiger partial charge in [-0.3, -0.25) is 9.20 Å². The molecular formula is C10H8N2O3. The first-order chi connectivity index (χ1) is 7.26. The molecule has 0 aromatic carbocycles. The molecule has 0 bridgehead atoms. The molecule has 0 N–H and O–H groups in total. The van der Waals surface area contributed by atoms with Crippen LogP contribution in [0.25, 0.3) is 5.65 Å². The molecule has 0 aliphatic carbocycles. The average Bonchev–Trinajstić information content (AvgIpc) is 2.70. The number of pyridine rings is 1. The van der Waals surface area contributed by atoms with Gasteiger partial charge < -0.3 is 4.74 Å². The molecule has 5 nitrogen and oxygen atoms in total. The van der Waals surface area contributed by atoms with E-state index >= 15 is 0 Å². The minimum Gasteiger partial charge on any atom is -0.464 e. The van der Waals surface area contributed by atoms with Crippen LogP contribution in [0, 0.1) is 0 Å². The minimum absolute atomic E-state index is 0.302. The molecule has 15 heavy (non-hydrogen) atoms. The molecule has 0 atom stereocenters. The normalized spacial score (nSPS) is 10.2. The SMILES string of the molecule is COC(=O)c1cnc2ccc(C=O)cn12. The van der Waals surface area contributed by atoms with Crippen molar-refractivity contribution >= 4 is 17.9 Å². The molecule has 0 aliphatic rings. The Bertz CT molecular complexity index is 530. The molecule has 0 spiro atoms. The highest BCUT2D eigenvalue weighted by Gasteiger charge is 2.11. The van der Waals surface area contributed by atoms with Crippen LogP contribution >= 0.6 is 0 Å². The summed E-state index contributed by atoms with van der Waals surface area (Å²) in [6.45, 7) is 0. The van der Waals surface area contributed by atoms with Crippen LogP contribution in [-0.2, 0) is 4.74 Å². The molecule has 0 aliphatic heterocycles. The Morgan fingerprint density at radius 3 is 3.00 bits per heavy atom. The zero-order valence-corrected chi connectivity index (χ0v) is 8.01. The third-order valence-electron chi connectivity index (χ3n) is 2.06. The third kappa shape index (κ3) is 1.48. The number of esters is 1. The van der Waals surface area contributed by atoms with E-state index in [0.717, 1.165) is 0 Å². The molecule has 2 heterocycles. The summed E-state index contributed by atoms with van der Waals surface area (Å²) in [5, 5.41) is 0. The fourth-order valence-corrected chi connectivity index (χ4v) is 1.32. The number of carbonyl (C=O) groups is 2. The Morgan fingerprint density at radius 1 is 1.53 bits per heavy atom. The van der Waals surface area contributed by atoms with E-state index in [0.29, 0.717) is 23.2 Å². The van der Waals surface area contributed by atoms with E-state index in [1.165, 1.54) is 17.7 Å². The van der Waals surface area contributed by atoms with Crippen LogP contribution in [0.2, 0.25) is 0 Å². The molecule has 0 saturated heterocycles. The van der Waals surface area contributed by atoms with E-state index in [4.69, 9.17) is 0 Å². The Labute approximate surface area is 85.3 Å². The Morgan fingerprint density at radius 2 is 2.33 bits per heavy atom. The first kappa shape index (κ1) is 9.39. The van der Waals surface area contributed by atoms with Gasteiger partial charge in [0.1, 0.15) is 5.65 Å². The molecule has 5 heteroatoms. The number of hydrogen-bond acceptors (Lipinski definition) is 4. The number of fused-ring (bicyclic) bond motifs is 1. The molecule has 76 valence electrons. The van der Waals surface area contributed by atoms with Crippen molar-refractivity contribution in [3.63, 3.8) is 0 Å². The summed E-state index contributed by atoms with van der Waals surface area (Å²) in [6, 6.07) is 3.30. The predicted molar refractivity (Wildman–Crippen MR) is 51.9 cm³/mol. The molecule has 0 radical (unpaired) electrons. The highest BCUT2D eigenvalue weighted by atomic mass is 16.5. The maximum atomic E-state index is 11.3. The standard InChI is InChI=1S/C10H8N2O3/c1-15-10(14)8-4-11-9-3-2-7(6-13)5-12(8)9/h2-6H,1H3. The topological polar surface area (TPSA) is 60.7 Å². The van der Waals surface area contributed by atoms with E-state index in [9.17, 15) is 9.59 Å². The van der Waals surface area contributed by atoms with Crippen LogP contribution in [0.15, 0.2) is 24.5 Å². The van der Waals surface area contributed by atoms with Crippen molar-refractivity contribution in [1.29, 1.82) is 0 Å². The van der Waals surface area contributed by atoms with Crippen molar-refractivity contribution in [2.75, 3.05) is 7.11 Å². The lowest BCUT2D eigenvalue weighted by atomic mass is 10.3. The summed E-state index contributed by atoms with van der Waals surface area (Å²) in [5.41, 5.74) is 1.38. The van der Waals surface area contributed by atoms with Gasteiger partial charge >= 0.3 is 5.97 Å². The number of methoxy groups -OCH3 is 1. The molecule has 0 unspecified atom stereocenters. The molecule has 0 amide bonds. The maximum absolute atomic E-state index is 11.3. The number of carbonyl (C=O) groups excluding carboxylic acids is 2. The second-order valence-electron chi connectivity index (χ2n) is 2.94. The summed E-state index contributed by atoms with van der Waals surface area (Å²) in [6.07, 6.45) is 3.66. The summed E-state index contributed by atoms with van der Waals surface area (Å²) in [5.74, 6) is -0.481. The van der Waals surface area contributed by atoms with Crippen molar-refractivity contribution in [2.24, 2.45) is 0 Å². The van der Waals surface area contributed by atoms with E-state index in [2.05, 4.69) is 9.72 Å². The lowest BCUT2D eigenvalue weighted by Gasteiger charge is -1.99. The number of nitrogens with zero attached hydrogens (tertiary/aromatic N) is 2. The smallest absolute Gasteiger partial charge is 0.356 e. The van der Waals surface area contributed by atoms with Crippen LogP contribution in [0.3, 0.4) is 0 Å². The van der Waals surface area contributed by atoms with Gasteiger partial charge in [-0.05, 0) is 12.1 Å². The number of hydrogen-bond donors (Lipinski definition) is 0. The van der Waals surface area contributed by atoms with Crippen molar-refractivity contribution in [3.05, 3.63) is 35.8 Å². The highest BCUT2D eigenvalue weighted by molar-refractivity contribution is 5.88. The van der Waals surface area contributed by atoms with Gasteiger partial charge in [0.25, 0.3) is 0 Å². The molecule has 2 aromatic rings. The van der Waals surface area contributed by atoms with Gasteiger partial charge in [0.2, 0.25) is 0 Å². The third-order valence-corrected chi connectivity index (χ3v) is 2.06. The van der Waals surface area contributed by atoms with E-state index in [1.807, 2.05) is 0 Å². The fraction of sp³-hybridized carbons (Fsp3) is 0.100. The van der Waals surface area contributed by atoms with Gasteiger partial charge in [0, 0.05) is 11.8 Å². The molecule has 2 rings (SSSR count). The number of ether oxygens (including phenoxy) is 1. The van der Waals surface area contributed by atoms with Crippen molar-refractivity contribution in [1.82, 2.24) is 9.38 Å². The van der Waals surface area contributed by atoms with Crippen molar-refractivity contribution in [2.45, 2.75) is 0 Å². The number of aldehydes is 1. The van der Waals surface area contributed by atoms with Crippen LogP contribution in [0.5, 0.6) is 0 Å². The number of aromatic nitrogens is 2. The van der Waals surface area contributed by atoms with Gasteiger partial charge in [-0.1, -0.05) is 0 Å². The lowest BCUT2D eigenvalue weighted by molar-refractivity contribution is 0.0592. The van der Waals surface area contributed by atoms with Gasteiger partial charge in [-0.2, -0.15) is 0 Å². The zero-order chi connectivity index (χ0) is 10.8. The Balaban J connectivity index is 2.66. The minimum atomic E-state index is -0.481. The quantitative estimate of drug-likeness (QED) is 0.539. The van der Waals surface area contributed by atoms with Gasteiger partial charge in [-0.25, -0.2) is 9.78 Å². The summed E-state index contributed by atoms with van der Waals surface area (Å²) >= 11 is 0. The van der Waals surface area contributed by atoms with E-state index in [-0.39, 0.29) is 0 Å². The van der Waals surface area contributed by atoms with E-state index < -0.39 is 5.97 Å². The number of rotatable bonds is 2. The number of imidazole rings is 1.